The van der Waals surface area contributed by atoms with Gasteiger partial charge in [0, 0.05) is 19.8 Å². The zero-order valence-electron chi connectivity index (χ0n) is 21.2. The third-order valence-corrected chi connectivity index (χ3v) is 7.03. The molecule has 7 heteroatoms. The van der Waals surface area contributed by atoms with Crippen molar-refractivity contribution in [3.05, 3.63) is 108 Å². The van der Waals surface area contributed by atoms with Crippen LogP contribution in [0.5, 0.6) is 0 Å². The number of methoxy groups -OCH3 is 1. The van der Waals surface area contributed by atoms with E-state index in [0.29, 0.717) is 25.6 Å². The second kappa shape index (κ2) is 14.4. The van der Waals surface area contributed by atoms with E-state index in [1.807, 2.05) is 91.0 Å². The molecule has 196 valence electrons. The Labute approximate surface area is 223 Å². The molecule has 0 aliphatic carbocycles. The normalized spacial score (nSPS) is 23.6. The van der Waals surface area contributed by atoms with Gasteiger partial charge in [-0.15, -0.1) is 0 Å². The van der Waals surface area contributed by atoms with Crippen LogP contribution in [0, 0.1) is 0 Å². The zero-order valence-corrected chi connectivity index (χ0v) is 22.0. The minimum atomic E-state index is -0.682. The SMILES string of the molecule is CO[C@H]1O[C@H](CSC(C)=O)[C@@H](OCc2ccccc2)[C@H](OCc2ccccc2)[C@H]1OCc1ccccc1. The summed E-state index contributed by atoms with van der Waals surface area (Å²) in [5.74, 6) is 0.422. The first-order valence-corrected chi connectivity index (χ1v) is 13.4. The van der Waals surface area contributed by atoms with Gasteiger partial charge in [0.25, 0.3) is 0 Å². The van der Waals surface area contributed by atoms with Gasteiger partial charge in [-0.2, -0.15) is 0 Å². The molecular formula is C30H34O6S. The minimum Gasteiger partial charge on any atom is -0.368 e. The van der Waals surface area contributed by atoms with Gasteiger partial charge in [0.2, 0.25) is 0 Å². The van der Waals surface area contributed by atoms with Crippen molar-refractivity contribution < 1.29 is 28.5 Å². The minimum absolute atomic E-state index is 0.0172. The number of hydrogen-bond acceptors (Lipinski definition) is 7. The summed E-state index contributed by atoms with van der Waals surface area (Å²) in [5.41, 5.74) is 3.12. The molecule has 0 bridgehead atoms. The Hall–Kier alpha value is -2.52. The summed E-state index contributed by atoms with van der Waals surface area (Å²) < 4.78 is 31.5. The summed E-state index contributed by atoms with van der Waals surface area (Å²) in [6, 6.07) is 29.9. The van der Waals surface area contributed by atoms with Crippen molar-refractivity contribution in [1.82, 2.24) is 0 Å². The van der Waals surface area contributed by atoms with Crippen LogP contribution < -0.4 is 0 Å². The Balaban J connectivity index is 1.60. The van der Waals surface area contributed by atoms with Crippen LogP contribution in [0.25, 0.3) is 0 Å². The highest BCUT2D eigenvalue weighted by Crippen LogP contribution is 2.32. The number of benzene rings is 3. The molecular weight excluding hydrogens is 488 g/mol. The van der Waals surface area contributed by atoms with Crippen molar-refractivity contribution in [2.75, 3.05) is 12.9 Å². The molecule has 3 aromatic rings. The monoisotopic (exact) mass is 522 g/mol. The lowest BCUT2D eigenvalue weighted by Crippen LogP contribution is -2.61. The maximum Gasteiger partial charge on any atom is 0.186 e. The topological polar surface area (TPSA) is 63.2 Å². The first kappa shape index (κ1) is 27.5. The Morgan fingerprint density at radius 3 is 1.57 bits per heavy atom. The van der Waals surface area contributed by atoms with Gasteiger partial charge in [-0.25, -0.2) is 0 Å². The molecule has 37 heavy (non-hydrogen) atoms. The third kappa shape index (κ3) is 8.23. The standard InChI is InChI=1S/C30H34O6S/c1-22(31)37-21-26-27(33-18-23-12-6-3-7-13-23)28(34-19-24-14-8-4-9-15-24)29(30(32-2)36-26)35-20-25-16-10-5-11-17-25/h3-17,26-30H,18-21H2,1-2H3/t26-,27-,28+,29-,30+/m1/s1. The molecule has 0 spiro atoms. The van der Waals surface area contributed by atoms with Crippen molar-refractivity contribution in [2.45, 2.75) is 57.5 Å². The fraction of sp³-hybridized carbons (Fsp3) is 0.367. The highest BCUT2D eigenvalue weighted by molar-refractivity contribution is 8.13. The van der Waals surface area contributed by atoms with Gasteiger partial charge in [-0.1, -0.05) is 103 Å². The number of hydrogen-bond donors (Lipinski definition) is 0. The molecule has 6 nitrogen and oxygen atoms in total. The molecule has 0 saturated carbocycles. The van der Waals surface area contributed by atoms with Crippen LogP contribution in [0.3, 0.4) is 0 Å². The summed E-state index contributed by atoms with van der Waals surface area (Å²) in [5, 5.41) is 0.0172. The Morgan fingerprint density at radius 2 is 1.14 bits per heavy atom. The maximum absolute atomic E-state index is 11.8. The van der Waals surface area contributed by atoms with Crippen molar-refractivity contribution in [3.8, 4) is 0 Å². The van der Waals surface area contributed by atoms with Gasteiger partial charge in [0.05, 0.1) is 25.9 Å². The smallest absolute Gasteiger partial charge is 0.186 e. The molecule has 4 rings (SSSR count). The highest BCUT2D eigenvalue weighted by Gasteiger charge is 2.48. The summed E-state index contributed by atoms with van der Waals surface area (Å²) >= 11 is 1.21. The third-order valence-electron chi connectivity index (χ3n) is 6.13. The first-order valence-electron chi connectivity index (χ1n) is 12.4. The predicted octanol–water partition coefficient (Wildman–Crippen LogP) is 5.39. The van der Waals surface area contributed by atoms with E-state index < -0.39 is 30.7 Å². The molecule has 0 amide bonds. The van der Waals surface area contributed by atoms with Gasteiger partial charge >= 0.3 is 0 Å². The molecule has 1 heterocycles. The molecule has 0 N–H and O–H groups in total. The van der Waals surface area contributed by atoms with Crippen molar-refractivity contribution >= 4 is 16.9 Å². The lowest BCUT2D eigenvalue weighted by molar-refractivity contribution is -0.313. The average Bonchev–Trinajstić information content (AvgIpc) is 2.94. The molecule has 1 fully saturated rings. The predicted molar refractivity (Wildman–Crippen MR) is 144 cm³/mol. The molecule has 3 aromatic carbocycles. The summed E-state index contributed by atoms with van der Waals surface area (Å²) in [6.45, 7) is 2.68. The van der Waals surface area contributed by atoms with E-state index in [9.17, 15) is 4.79 Å². The lowest BCUT2D eigenvalue weighted by Gasteiger charge is -2.45. The number of carbonyl (C=O) groups is 1. The molecule has 1 aliphatic rings. The van der Waals surface area contributed by atoms with E-state index in [1.54, 1.807) is 14.0 Å². The Kier molecular flexibility index (Phi) is 10.7. The Bertz CT molecular complexity index is 1070. The summed E-state index contributed by atoms with van der Waals surface area (Å²) in [7, 11) is 1.60. The fourth-order valence-electron chi connectivity index (χ4n) is 4.27. The van der Waals surface area contributed by atoms with Crippen LogP contribution in [-0.2, 0) is 48.3 Å². The Morgan fingerprint density at radius 1 is 0.703 bits per heavy atom. The van der Waals surface area contributed by atoms with E-state index in [0.717, 1.165) is 16.7 Å². The van der Waals surface area contributed by atoms with E-state index in [1.165, 1.54) is 11.8 Å². The zero-order chi connectivity index (χ0) is 25.9. The lowest BCUT2D eigenvalue weighted by atomic mass is 9.98. The molecule has 1 saturated heterocycles. The average molecular weight is 523 g/mol. The number of rotatable bonds is 12. The van der Waals surface area contributed by atoms with Crippen LogP contribution >= 0.6 is 11.8 Å². The molecule has 1 aliphatic heterocycles. The van der Waals surface area contributed by atoms with E-state index in [2.05, 4.69) is 0 Å². The van der Waals surface area contributed by atoms with Gasteiger partial charge in [-0.3, -0.25) is 4.79 Å². The largest absolute Gasteiger partial charge is 0.368 e. The van der Waals surface area contributed by atoms with Crippen molar-refractivity contribution in [2.24, 2.45) is 0 Å². The first-order chi connectivity index (χ1) is 18.1. The van der Waals surface area contributed by atoms with Crippen molar-refractivity contribution in [3.63, 3.8) is 0 Å². The number of thioether (sulfide) groups is 1. The van der Waals surface area contributed by atoms with Crippen LogP contribution in [0.15, 0.2) is 91.0 Å². The number of carbonyl (C=O) groups excluding carboxylic acids is 1. The highest BCUT2D eigenvalue weighted by atomic mass is 32.2. The van der Waals surface area contributed by atoms with E-state index >= 15 is 0 Å². The molecule has 0 aromatic heterocycles. The van der Waals surface area contributed by atoms with Gasteiger partial charge in [-0.05, 0) is 16.7 Å². The second-order valence-electron chi connectivity index (χ2n) is 8.86. The quantitative estimate of drug-likeness (QED) is 0.316. The van der Waals surface area contributed by atoms with Crippen LogP contribution in [-0.4, -0.2) is 48.7 Å². The van der Waals surface area contributed by atoms with Gasteiger partial charge < -0.3 is 23.7 Å². The van der Waals surface area contributed by atoms with E-state index in [-0.39, 0.29) is 5.12 Å². The number of ether oxygens (including phenoxy) is 5. The van der Waals surface area contributed by atoms with Gasteiger partial charge in [0.1, 0.15) is 18.3 Å². The van der Waals surface area contributed by atoms with E-state index in [4.69, 9.17) is 23.7 Å². The summed E-state index contributed by atoms with van der Waals surface area (Å²) in [6.07, 6.45) is -2.64. The maximum atomic E-state index is 11.8. The molecule has 0 radical (unpaired) electrons. The van der Waals surface area contributed by atoms with Crippen LogP contribution in [0.2, 0.25) is 0 Å². The fourth-order valence-corrected chi connectivity index (χ4v) is 4.94. The second-order valence-corrected chi connectivity index (χ2v) is 10.1. The van der Waals surface area contributed by atoms with Crippen LogP contribution in [0.1, 0.15) is 23.6 Å². The van der Waals surface area contributed by atoms with Crippen molar-refractivity contribution in [1.29, 1.82) is 0 Å². The summed E-state index contributed by atoms with van der Waals surface area (Å²) in [4.78, 5) is 11.8. The molecule has 0 unspecified atom stereocenters. The van der Waals surface area contributed by atoms with Crippen LogP contribution in [0.4, 0.5) is 0 Å². The molecule has 5 atom stereocenters. The van der Waals surface area contributed by atoms with Gasteiger partial charge in [0.15, 0.2) is 11.4 Å².